The first-order chi connectivity index (χ1) is 11.5. The van der Waals surface area contributed by atoms with Crippen molar-refractivity contribution < 1.29 is 19.0 Å². The molecular weight excluding hydrogens is 309 g/mol. The van der Waals surface area contributed by atoms with Crippen LogP contribution in [0.1, 0.15) is 24.2 Å². The molecule has 0 spiro atoms. The van der Waals surface area contributed by atoms with E-state index in [2.05, 4.69) is 0 Å². The smallest absolute Gasteiger partial charge is 0.160 e. The number of ether oxygens (including phenoxy) is 2. The third-order valence-corrected chi connectivity index (χ3v) is 4.25. The van der Waals surface area contributed by atoms with Crippen molar-refractivity contribution in [1.29, 1.82) is 0 Å². The van der Waals surface area contributed by atoms with Crippen LogP contribution in [0.25, 0.3) is 0 Å². The van der Waals surface area contributed by atoms with Crippen LogP contribution >= 0.6 is 0 Å². The fraction of sp³-hybridized carbons (Fsp3) is 0.368. The largest absolute Gasteiger partial charge is 0.493 e. The highest BCUT2D eigenvalue weighted by Gasteiger charge is 2.25. The van der Waals surface area contributed by atoms with E-state index in [1.165, 1.54) is 6.07 Å². The number of aliphatic hydroxyl groups excluding tert-OH is 1. The predicted octanol–water partition coefficient (Wildman–Crippen LogP) is 3.08. The van der Waals surface area contributed by atoms with Crippen LogP contribution in [-0.4, -0.2) is 25.4 Å². The van der Waals surface area contributed by atoms with Gasteiger partial charge in [-0.05, 0) is 36.1 Å². The van der Waals surface area contributed by atoms with Crippen molar-refractivity contribution in [2.24, 2.45) is 11.7 Å². The summed E-state index contributed by atoms with van der Waals surface area (Å²) in [5, 5.41) is 10.4. The van der Waals surface area contributed by atoms with Crippen LogP contribution in [0.2, 0.25) is 0 Å². The highest BCUT2D eigenvalue weighted by molar-refractivity contribution is 5.43. The minimum Gasteiger partial charge on any atom is -0.493 e. The lowest BCUT2D eigenvalue weighted by Gasteiger charge is -2.26. The van der Waals surface area contributed by atoms with Gasteiger partial charge in [-0.15, -0.1) is 0 Å². The molecular formula is C19H24FNO3. The number of hydrogen-bond donors (Lipinski definition) is 2. The summed E-state index contributed by atoms with van der Waals surface area (Å²) >= 11 is 0. The van der Waals surface area contributed by atoms with Crippen molar-refractivity contribution in [2.45, 2.75) is 25.5 Å². The Morgan fingerprint density at radius 2 is 1.75 bits per heavy atom. The van der Waals surface area contributed by atoms with Crippen molar-refractivity contribution in [3.05, 3.63) is 59.4 Å². The Kier molecular flexibility index (Phi) is 6.17. The number of benzene rings is 2. The van der Waals surface area contributed by atoms with Gasteiger partial charge in [0.15, 0.2) is 11.5 Å². The van der Waals surface area contributed by atoms with E-state index in [0.29, 0.717) is 17.9 Å². The molecule has 2 aromatic rings. The van der Waals surface area contributed by atoms with E-state index < -0.39 is 18.0 Å². The molecule has 2 aromatic carbocycles. The Bertz CT molecular complexity index is 677. The summed E-state index contributed by atoms with van der Waals surface area (Å²) in [6.45, 7) is 1.94. The van der Waals surface area contributed by atoms with Gasteiger partial charge in [-0.2, -0.15) is 0 Å². The minimum atomic E-state index is -1.05. The van der Waals surface area contributed by atoms with Crippen molar-refractivity contribution in [3.8, 4) is 11.5 Å². The van der Waals surface area contributed by atoms with Crippen LogP contribution in [0.15, 0.2) is 42.5 Å². The summed E-state index contributed by atoms with van der Waals surface area (Å²) in [7, 11) is 3.17. The van der Waals surface area contributed by atoms with Gasteiger partial charge in [0.1, 0.15) is 5.82 Å². The number of nitrogens with two attached hydrogens (primary N) is 1. The third kappa shape index (κ3) is 4.04. The van der Waals surface area contributed by atoms with Gasteiger partial charge in [0, 0.05) is 11.6 Å². The number of methoxy groups -OCH3 is 2. The molecule has 0 heterocycles. The zero-order chi connectivity index (χ0) is 17.7. The summed E-state index contributed by atoms with van der Waals surface area (Å²) in [4.78, 5) is 0. The number of halogens is 1. The maximum atomic E-state index is 13.8. The molecule has 0 fully saturated rings. The van der Waals surface area contributed by atoms with Gasteiger partial charge in [0.25, 0.3) is 0 Å². The van der Waals surface area contributed by atoms with E-state index in [1.807, 2.05) is 25.1 Å². The highest BCUT2D eigenvalue weighted by Crippen LogP contribution is 2.30. The number of rotatable bonds is 7. The van der Waals surface area contributed by atoms with Crippen LogP contribution in [0.3, 0.4) is 0 Å². The lowest BCUT2D eigenvalue weighted by atomic mass is 9.88. The van der Waals surface area contributed by atoms with Crippen LogP contribution in [0.4, 0.5) is 4.39 Å². The van der Waals surface area contributed by atoms with Gasteiger partial charge >= 0.3 is 0 Å². The Hall–Kier alpha value is -2.11. The average Bonchev–Trinajstić information content (AvgIpc) is 2.60. The molecule has 3 N–H and O–H groups in total. The van der Waals surface area contributed by atoms with Crippen molar-refractivity contribution in [2.75, 3.05) is 14.2 Å². The summed E-state index contributed by atoms with van der Waals surface area (Å²) in [5.41, 5.74) is 7.40. The van der Waals surface area contributed by atoms with Crippen LogP contribution in [0.5, 0.6) is 11.5 Å². The Morgan fingerprint density at radius 3 is 2.38 bits per heavy atom. The zero-order valence-corrected chi connectivity index (χ0v) is 14.2. The molecule has 4 nitrogen and oxygen atoms in total. The van der Waals surface area contributed by atoms with Crippen molar-refractivity contribution >= 4 is 0 Å². The summed E-state index contributed by atoms with van der Waals surface area (Å²) in [5.74, 6) is 0.798. The van der Waals surface area contributed by atoms with Gasteiger partial charge in [0.2, 0.25) is 0 Å². The fourth-order valence-corrected chi connectivity index (χ4v) is 2.75. The molecule has 5 heteroatoms. The molecule has 0 radical (unpaired) electrons. The summed E-state index contributed by atoms with van der Waals surface area (Å²) < 4.78 is 24.3. The molecule has 0 amide bonds. The van der Waals surface area contributed by atoms with E-state index in [4.69, 9.17) is 15.2 Å². The van der Waals surface area contributed by atoms with Crippen molar-refractivity contribution in [3.63, 3.8) is 0 Å². The molecule has 2 rings (SSSR count). The van der Waals surface area contributed by atoms with Gasteiger partial charge < -0.3 is 20.3 Å². The van der Waals surface area contributed by atoms with E-state index in [0.717, 1.165) is 5.56 Å². The predicted molar refractivity (Wildman–Crippen MR) is 91.7 cm³/mol. The molecule has 130 valence electrons. The highest BCUT2D eigenvalue weighted by atomic mass is 19.1. The van der Waals surface area contributed by atoms with E-state index in [9.17, 15) is 9.50 Å². The van der Waals surface area contributed by atoms with Gasteiger partial charge in [0.05, 0.1) is 20.3 Å². The van der Waals surface area contributed by atoms with E-state index in [-0.39, 0.29) is 11.5 Å². The van der Waals surface area contributed by atoms with Gasteiger partial charge in [-0.3, -0.25) is 0 Å². The Balaban J connectivity index is 2.11. The minimum absolute atomic E-state index is 0.0577. The van der Waals surface area contributed by atoms with E-state index >= 15 is 0 Å². The van der Waals surface area contributed by atoms with Crippen LogP contribution in [-0.2, 0) is 6.42 Å². The first-order valence-corrected chi connectivity index (χ1v) is 7.87. The normalized spacial score (nSPS) is 14.8. The molecule has 0 bridgehead atoms. The summed E-state index contributed by atoms with van der Waals surface area (Å²) in [6.07, 6.45) is -0.422. The topological polar surface area (TPSA) is 64.7 Å². The quantitative estimate of drug-likeness (QED) is 0.817. The van der Waals surface area contributed by atoms with Crippen LogP contribution < -0.4 is 15.2 Å². The Labute approximate surface area is 142 Å². The fourth-order valence-electron chi connectivity index (χ4n) is 2.75. The van der Waals surface area contributed by atoms with Gasteiger partial charge in [-0.1, -0.05) is 31.2 Å². The monoisotopic (exact) mass is 333 g/mol. The molecule has 3 unspecified atom stereocenters. The molecule has 0 aliphatic carbocycles. The lowest BCUT2D eigenvalue weighted by molar-refractivity contribution is 0.118. The average molecular weight is 333 g/mol. The lowest BCUT2D eigenvalue weighted by Crippen LogP contribution is -2.36. The molecule has 3 atom stereocenters. The molecule has 24 heavy (non-hydrogen) atoms. The second-order valence-electron chi connectivity index (χ2n) is 5.91. The molecule has 0 aliphatic rings. The molecule has 0 aromatic heterocycles. The molecule has 0 saturated heterocycles. The standard InChI is InChI=1S/C19H24FNO3/c1-12(10-13-8-9-16(23-2)17(11-13)24-3)18(21)19(22)14-6-4-5-7-15(14)20/h4-9,11-12,18-19,22H,10,21H2,1-3H3. The van der Waals surface area contributed by atoms with Crippen molar-refractivity contribution in [1.82, 2.24) is 0 Å². The SMILES string of the molecule is COc1ccc(CC(C)C(N)C(O)c2ccccc2F)cc1OC. The maximum Gasteiger partial charge on any atom is 0.160 e. The van der Waals surface area contributed by atoms with E-state index in [1.54, 1.807) is 32.4 Å². The van der Waals surface area contributed by atoms with Crippen LogP contribution in [0, 0.1) is 11.7 Å². The summed E-state index contributed by atoms with van der Waals surface area (Å²) in [6, 6.07) is 11.2. The molecule has 0 aliphatic heterocycles. The first-order valence-electron chi connectivity index (χ1n) is 7.87. The maximum absolute atomic E-state index is 13.8. The number of aliphatic hydroxyl groups is 1. The second-order valence-corrected chi connectivity index (χ2v) is 5.91. The Morgan fingerprint density at radius 1 is 1.08 bits per heavy atom. The molecule has 0 saturated carbocycles. The van der Waals surface area contributed by atoms with Gasteiger partial charge in [-0.25, -0.2) is 4.39 Å². The second kappa shape index (κ2) is 8.13. The number of hydrogen-bond acceptors (Lipinski definition) is 4. The zero-order valence-electron chi connectivity index (χ0n) is 14.2. The first kappa shape index (κ1) is 18.2. The third-order valence-electron chi connectivity index (χ3n) is 4.25.